The van der Waals surface area contributed by atoms with Crippen molar-refractivity contribution in [1.29, 1.82) is 0 Å². The smallest absolute Gasteiger partial charge is 0.286 e. The van der Waals surface area contributed by atoms with E-state index in [0.717, 1.165) is 12.8 Å². The van der Waals surface area contributed by atoms with Gasteiger partial charge in [0.15, 0.2) is 0 Å². The third kappa shape index (κ3) is 4.24. The maximum Gasteiger partial charge on any atom is 0.286 e. The summed E-state index contributed by atoms with van der Waals surface area (Å²) >= 11 is 1.20. The van der Waals surface area contributed by atoms with Gasteiger partial charge in [0.25, 0.3) is 5.91 Å². The molecule has 1 atom stereocenters. The van der Waals surface area contributed by atoms with E-state index < -0.39 is 5.91 Å². The van der Waals surface area contributed by atoms with Crippen LogP contribution >= 0.6 is 11.3 Å². The highest BCUT2D eigenvalue weighted by Crippen LogP contribution is 2.34. The van der Waals surface area contributed by atoms with Gasteiger partial charge in [-0.1, -0.05) is 25.2 Å². The molecule has 2 aromatic rings. The molecule has 0 spiro atoms. The number of hydrogen-bond donors (Lipinski definition) is 1. The number of likely N-dealkylation sites (tertiary alicyclic amines) is 1. The van der Waals surface area contributed by atoms with Gasteiger partial charge in [-0.15, -0.1) is 10.2 Å². The molecule has 2 amide bonds. The second-order valence-electron chi connectivity index (χ2n) is 6.75. The van der Waals surface area contributed by atoms with Crippen molar-refractivity contribution in [2.45, 2.75) is 39.2 Å². The number of rotatable bonds is 5. The van der Waals surface area contributed by atoms with Crippen LogP contribution in [-0.2, 0) is 4.79 Å². The van der Waals surface area contributed by atoms with Gasteiger partial charge in [0.2, 0.25) is 10.9 Å². The number of nitrogens with one attached hydrogen (secondary N) is 1. The molecule has 6 nitrogen and oxygen atoms in total. The number of aromatic nitrogens is 2. The van der Waals surface area contributed by atoms with Gasteiger partial charge in [0.05, 0.1) is 6.04 Å². The Morgan fingerprint density at radius 3 is 2.73 bits per heavy atom. The van der Waals surface area contributed by atoms with E-state index in [1.54, 1.807) is 0 Å². The summed E-state index contributed by atoms with van der Waals surface area (Å²) in [7, 11) is 0. The zero-order valence-corrected chi connectivity index (χ0v) is 15.6. The molecule has 1 aromatic carbocycles. The van der Waals surface area contributed by atoms with Crippen molar-refractivity contribution in [3.05, 3.63) is 40.1 Å². The van der Waals surface area contributed by atoms with Crippen LogP contribution < -0.4 is 5.32 Å². The molecule has 0 radical (unpaired) electrons. The van der Waals surface area contributed by atoms with Gasteiger partial charge in [0.1, 0.15) is 10.8 Å². The van der Waals surface area contributed by atoms with Crippen molar-refractivity contribution in [1.82, 2.24) is 15.1 Å². The van der Waals surface area contributed by atoms with Crippen molar-refractivity contribution in [3.63, 3.8) is 0 Å². The number of nitrogens with zero attached hydrogens (tertiary/aromatic N) is 3. The Morgan fingerprint density at radius 2 is 2.04 bits per heavy atom. The zero-order valence-electron chi connectivity index (χ0n) is 14.7. The molecule has 1 aromatic heterocycles. The number of halogens is 1. The van der Waals surface area contributed by atoms with Gasteiger partial charge in [-0.25, -0.2) is 4.39 Å². The monoisotopic (exact) mass is 376 g/mol. The quantitative estimate of drug-likeness (QED) is 0.864. The summed E-state index contributed by atoms with van der Waals surface area (Å²) in [5.74, 6) is -0.336. The van der Waals surface area contributed by atoms with E-state index in [1.807, 2.05) is 18.7 Å². The molecule has 1 fully saturated rings. The van der Waals surface area contributed by atoms with Crippen LogP contribution in [0.2, 0.25) is 0 Å². The van der Waals surface area contributed by atoms with Crippen LogP contribution in [0.5, 0.6) is 0 Å². The number of hydrogen-bond acceptors (Lipinski definition) is 5. The minimum Gasteiger partial charge on any atom is -0.333 e. The predicted molar refractivity (Wildman–Crippen MR) is 97.4 cm³/mol. The highest BCUT2D eigenvalue weighted by Gasteiger charge is 2.33. The molecule has 8 heteroatoms. The van der Waals surface area contributed by atoms with E-state index in [2.05, 4.69) is 15.5 Å². The SMILES string of the molecule is CC(C)CC(=O)N1CCCC1c1nnc(C(=O)Nc2ccc(F)cc2)s1. The Morgan fingerprint density at radius 1 is 1.31 bits per heavy atom. The summed E-state index contributed by atoms with van der Waals surface area (Å²) in [6.45, 7) is 4.75. The molecule has 26 heavy (non-hydrogen) atoms. The first-order valence-corrected chi connectivity index (χ1v) is 9.45. The van der Waals surface area contributed by atoms with Gasteiger partial charge < -0.3 is 10.2 Å². The van der Waals surface area contributed by atoms with Crippen LogP contribution in [0.4, 0.5) is 10.1 Å². The molecule has 138 valence electrons. The third-order valence-corrected chi connectivity index (χ3v) is 5.20. The molecule has 0 aliphatic carbocycles. The molecule has 1 N–H and O–H groups in total. The Hall–Kier alpha value is -2.35. The average Bonchev–Trinajstić information content (AvgIpc) is 3.25. The molecule has 2 heterocycles. The average molecular weight is 376 g/mol. The molecule has 0 saturated carbocycles. The van der Waals surface area contributed by atoms with E-state index in [-0.39, 0.29) is 22.8 Å². The minimum absolute atomic E-state index is 0.105. The molecule has 1 unspecified atom stereocenters. The third-order valence-electron chi connectivity index (χ3n) is 4.18. The van der Waals surface area contributed by atoms with Crippen LogP contribution in [-0.4, -0.2) is 33.5 Å². The summed E-state index contributed by atoms with van der Waals surface area (Å²) in [4.78, 5) is 26.6. The lowest BCUT2D eigenvalue weighted by Crippen LogP contribution is -2.31. The lowest BCUT2D eigenvalue weighted by Gasteiger charge is -2.23. The molecule has 3 rings (SSSR count). The lowest BCUT2D eigenvalue weighted by atomic mass is 10.1. The fraction of sp³-hybridized carbons (Fsp3) is 0.444. The second-order valence-corrected chi connectivity index (χ2v) is 7.76. The summed E-state index contributed by atoms with van der Waals surface area (Å²) in [5, 5.41) is 11.7. The number of carbonyl (C=O) groups is 2. The van der Waals surface area contributed by atoms with Crippen LogP contribution in [0, 0.1) is 11.7 Å². The van der Waals surface area contributed by atoms with Crippen LogP contribution in [0.1, 0.15) is 54.0 Å². The van der Waals surface area contributed by atoms with E-state index >= 15 is 0 Å². The second kappa shape index (κ2) is 7.90. The molecule has 1 aliphatic rings. The van der Waals surface area contributed by atoms with E-state index in [0.29, 0.717) is 29.6 Å². The van der Waals surface area contributed by atoms with Crippen molar-refractivity contribution in [2.75, 3.05) is 11.9 Å². The van der Waals surface area contributed by atoms with E-state index in [9.17, 15) is 14.0 Å². The van der Waals surface area contributed by atoms with Gasteiger partial charge >= 0.3 is 0 Å². The summed E-state index contributed by atoms with van der Waals surface area (Å²) in [6, 6.07) is 5.42. The number of carbonyl (C=O) groups excluding carboxylic acids is 2. The Kier molecular flexibility index (Phi) is 5.61. The van der Waals surface area contributed by atoms with Gasteiger partial charge in [0, 0.05) is 18.7 Å². The summed E-state index contributed by atoms with van der Waals surface area (Å²) < 4.78 is 12.9. The van der Waals surface area contributed by atoms with Crippen molar-refractivity contribution < 1.29 is 14.0 Å². The Bertz CT molecular complexity index is 791. The van der Waals surface area contributed by atoms with Crippen LogP contribution in [0.25, 0.3) is 0 Å². The normalized spacial score (nSPS) is 16.9. The highest BCUT2D eigenvalue weighted by atomic mass is 32.1. The number of amides is 2. The fourth-order valence-electron chi connectivity index (χ4n) is 2.97. The van der Waals surface area contributed by atoms with Crippen molar-refractivity contribution in [2.24, 2.45) is 5.92 Å². The van der Waals surface area contributed by atoms with Gasteiger partial charge in [-0.05, 0) is 43.0 Å². The maximum atomic E-state index is 12.9. The molecular weight excluding hydrogens is 355 g/mol. The van der Waals surface area contributed by atoms with Crippen molar-refractivity contribution >= 4 is 28.8 Å². The minimum atomic E-state index is -0.390. The fourth-order valence-corrected chi connectivity index (χ4v) is 3.85. The Balaban J connectivity index is 1.69. The standard InChI is InChI=1S/C18H21FN4O2S/c1-11(2)10-15(24)23-9-3-4-14(23)17-21-22-18(26-17)16(25)20-13-7-5-12(19)6-8-13/h5-8,11,14H,3-4,9-10H2,1-2H3,(H,20,25). The largest absolute Gasteiger partial charge is 0.333 e. The van der Waals surface area contributed by atoms with E-state index in [1.165, 1.54) is 35.6 Å². The first kappa shape index (κ1) is 18.4. The zero-order chi connectivity index (χ0) is 18.7. The lowest BCUT2D eigenvalue weighted by molar-refractivity contribution is -0.132. The Labute approximate surface area is 155 Å². The molecule has 1 saturated heterocycles. The summed E-state index contributed by atoms with van der Waals surface area (Å²) in [5.41, 5.74) is 0.489. The maximum absolute atomic E-state index is 12.9. The molecule has 0 bridgehead atoms. The topological polar surface area (TPSA) is 75.2 Å². The van der Waals surface area contributed by atoms with Crippen LogP contribution in [0.15, 0.2) is 24.3 Å². The number of benzene rings is 1. The first-order chi connectivity index (χ1) is 12.4. The summed E-state index contributed by atoms with van der Waals surface area (Å²) in [6.07, 6.45) is 2.26. The van der Waals surface area contributed by atoms with Crippen LogP contribution in [0.3, 0.4) is 0 Å². The first-order valence-electron chi connectivity index (χ1n) is 8.64. The van der Waals surface area contributed by atoms with Gasteiger partial charge in [-0.3, -0.25) is 9.59 Å². The number of anilines is 1. The molecule has 1 aliphatic heterocycles. The van der Waals surface area contributed by atoms with Crippen molar-refractivity contribution in [3.8, 4) is 0 Å². The van der Waals surface area contributed by atoms with E-state index in [4.69, 9.17) is 0 Å². The predicted octanol–water partition coefficient (Wildman–Crippen LogP) is 3.64. The van der Waals surface area contributed by atoms with Gasteiger partial charge in [-0.2, -0.15) is 0 Å². The highest BCUT2D eigenvalue weighted by molar-refractivity contribution is 7.13. The molecular formula is C18H21FN4O2S.